The van der Waals surface area contributed by atoms with Crippen molar-refractivity contribution in [3.63, 3.8) is 0 Å². The molecule has 0 amide bonds. The molecule has 0 fully saturated rings. The molecule has 0 bridgehead atoms. The molecule has 1 aliphatic rings. The molecule has 2 radical (unpaired) electrons. The Bertz CT molecular complexity index is 76.2. The lowest BCUT2D eigenvalue weighted by Gasteiger charge is -1.80. The standard InChI is InChI=1S/C7H8/c1-2-4-6-7-5-3-1/h1-4H,5,7H2. The van der Waals surface area contributed by atoms with Crippen molar-refractivity contribution in [2.24, 2.45) is 0 Å². The quantitative estimate of drug-likeness (QED) is 0.428. The zero-order valence-electron chi connectivity index (χ0n) is 4.22. The third kappa shape index (κ3) is 1.58. The van der Waals surface area contributed by atoms with Crippen LogP contribution in [0.25, 0.3) is 0 Å². The zero-order chi connectivity index (χ0) is 4.95. The molecule has 0 saturated heterocycles. The minimum absolute atomic E-state index is 1.08. The maximum Gasteiger partial charge on any atom is 0.00873 e. The predicted octanol–water partition coefficient (Wildman–Crippen LogP) is 1.97. The van der Waals surface area contributed by atoms with Crippen LogP contribution in [0, 0.1) is 6.42 Å². The van der Waals surface area contributed by atoms with E-state index in [-0.39, 0.29) is 0 Å². The van der Waals surface area contributed by atoms with Crippen molar-refractivity contribution < 1.29 is 0 Å². The average Bonchev–Trinajstić information content (AvgIpc) is 1.90. The lowest BCUT2D eigenvalue weighted by Crippen LogP contribution is -1.63. The van der Waals surface area contributed by atoms with Gasteiger partial charge in [-0.3, -0.25) is 0 Å². The van der Waals surface area contributed by atoms with Gasteiger partial charge in [-0.2, -0.15) is 0 Å². The van der Waals surface area contributed by atoms with Gasteiger partial charge in [-0.15, -0.1) is 0 Å². The third-order valence-corrected chi connectivity index (χ3v) is 0.917. The SMILES string of the molecule is [C]1C=CC=CCC1. The van der Waals surface area contributed by atoms with Crippen LogP contribution in [0.4, 0.5) is 0 Å². The van der Waals surface area contributed by atoms with Crippen molar-refractivity contribution in [3.8, 4) is 0 Å². The van der Waals surface area contributed by atoms with Crippen LogP contribution in [0.15, 0.2) is 24.3 Å². The number of rotatable bonds is 0. The molecule has 0 N–H and O–H groups in total. The maximum absolute atomic E-state index is 3.10. The minimum Gasteiger partial charge on any atom is -0.0845 e. The molecule has 0 aliphatic heterocycles. The highest BCUT2D eigenvalue weighted by Gasteiger charge is 1.82. The van der Waals surface area contributed by atoms with Gasteiger partial charge >= 0.3 is 0 Å². The summed E-state index contributed by atoms with van der Waals surface area (Å²) in [6.07, 6.45) is 13.5. The summed E-state index contributed by atoms with van der Waals surface area (Å²) in [4.78, 5) is 0. The molecule has 0 aromatic carbocycles. The molecule has 0 nitrogen and oxygen atoms in total. The van der Waals surface area contributed by atoms with Gasteiger partial charge < -0.3 is 0 Å². The molecule has 0 aromatic rings. The molecule has 7 heavy (non-hydrogen) atoms. The summed E-state index contributed by atoms with van der Waals surface area (Å²) >= 11 is 0. The van der Waals surface area contributed by atoms with Gasteiger partial charge in [0.2, 0.25) is 0 Å². The first-order chi connectivity index (χ1) is 3.50. The van der Waals surface area contributed by atoms with E-state index in [0.29, 0.717) is 0 Å². The fourth-order valence-corrected chi connectivity index (χ4v) is 0.548. The third-order valence-electron chi connectivity index (χ3n) is 0.917. The second kappa shape index (κ2) is 2.62. The van der Waals surface area contributed by atoms with E-state index in [1.54, 1.807) is 0 Å². The summed E-state index contributed by atoms with van der Waals surface area (Å²) in [5.41, 5.74) is 0. The van der Waals surface area contributed by atoms with Crippen molar-refractivity contribution in [1.29, 1.82) is 0 Å². The van der Waals surface area contributed by atoms with Crippen molar-refractivity contribution in [2.75, 3.05) is 0 Å². The summed E-state index contributed by atoms with van der Waals surface area (Å²) in [5, 5.41) is 0. The monoisotopic (exact) mass is 92.1 g/mol. The maximum atomic E-state index is 3.10. The van der Waals surface area contributed by atoms with Crippen LogP contribution in [-0.4, -0.2) is 0 Å². The summed E-state index contributed by atoms with van der Waals surface area (Å²) in [6, 6.07) is 0. The summed E-state index contributed by atoms with van der Waals surface area (Å²) in [6.45, 7) is 0. The molecule has 0 heterocycles. The second-order valence-corrected chi connectivity index (χ2v) is 1.53. The normalized spacial score (nSPS) is 19.4. The Kier molecular flexibility index (Phi) is 1.73. The molecule has 0 spiro atoms. The van der Waals surface area contributed by atoms with Crippen molar-refractivity contribution in [3.05, 3.63) is 30.7 Å². The molecular weight excluding hydrogens is 84.1 g/mol. The van der Waals surface area contributed by atoms with Crippen LogP contribution in [0.3, 0.4) is 0 Å². The number of hydrogen-bond donors (Lipinski definition) is 0. The van der Waals surface area contributed by atoms with E-state index in [1.165, 1.54) is 0 Å². The van der Waals surface area contributed by atoms with E-state index >= 15 is 0 Å². The van der Waals surface area contributed by atoms with Gasteiger partial charge in [0, 0.05) is 6.42 Å². The molecule has 0 aromatic heterocycles. The summed E-state index contributed by atoms with van der Waals surface area (Å²) in [7, 11) is 0. The predicted molar refractivity (Wildman–Crippen MR) is 30.8 cm³/mol. The highest BCUT2D eigenvalue weighted by Crippen LogP contribution is 2.00. The topological polar surface area (TPSA) is 0 Å². The molecule has 36 valence electrons. The smallest absolute Gasteiger partial charge is 0.00873 e. The van der Waals surface area contributed by atoms with Gasteiger partial charge in [-0.05, 0) is 12.8 Å². The van der Waals surface area contributed by atoms with Crippen molar-refractivity contribution in [1.82, 2.24) is 0 Å². The van der Waals surface area contributed by atoms with Crippen LogP contribution in [0.1, 0.15) is 12.8 Å². The molecular formula is C7H8. The van der Waals surface area contributed by atoms with Crippen LogP contribution in [-0.2, 0) is 0 Å². The molecule has 0 unspecified atom stereocenters. The van der Waals surface area contributed by atoms with Crippen molar-refractivity contribution >= 4 is 0 Å². The average molecular weight is 92.1 g/mol. The van der Waals surface area contributed by atoms with Crippen LogP contribution in [0.5, 0.6) is 0 Å². The Hall–Kier alpha value is -0.520. The summed E-state index contributed by atoms with van der Waals surface area (Å²) < 4.78 is 0. The lowest BCUT2D eigenvalue weighted by atomic mass is 10.2. The van der Waals surface area contributed by atoms with E-state index in [0.717, 1.165) is 12.8 Å². The van der Waals surface area contributed by atoms with E-state index in [1.807, 2.05) is 12.2 Å². The van der Waals surface area contributed by atoms with Crippen LogP contribution >= 0.6 is 0 Å². The Morgan fingerprint density at radius 2 is 2.29 bits per heavy atom. The largest absolute Gasteiger partial charge is 0.0845 e. The fraction of sp³-hybridized carbons (Fsp3) is 0.286. The van der Waals surface area contributed by atoms with E-state index < -0.39 is 0 Å². The fourth-order valence-electron chi connectivity index (χ4n) is 0.548. The van der Waals surface area contributed by atoms with E-state index in [4.69, 9.17) is 0 Å². The Labute approximate surface area is 44.5 Å². The highest BCUT2D eigenvalue weighted by molar-refractivity contribution is 5.10. The Morgan fingerprint density at radius 1 is 1.29 bits per heavy atom. The minimum atomic E-state index is 1.08. The summed E-state index contributed by atoms with van der Waals surface area (Å²) in [5.74, 6) is 0. The molecule has 0 atom stereocenters. The van der Waals surface area contributed by atoms with Gasteiger partial charge in [0.1, 0.15) is 0 Å². The number of hydrogen-bond acceptors (Lipinski definition) is 0. The van der Waals surface area contributed by atoms with E-state index in [9.17, 15) is 0 Å². The molecule has 0 saturated carbocycles. The Morgan fingerprint density at radius 3 is 3.29 bits per heavy atom. The zero-order valence-corrected chi connectivity index (χ0v) is 4.22. The van der Waals surface area contributed by atoms with Crippen LogP contribution in [0.2, 0.25) is 0 Å². The second-order valence-electron chi connectivity index (χ2n) is 1.53. The van der Waals surface area contributed by atoms with Gasteiger partial charge in [0.05, 0.1) is 0 Å². The van der Waals surface area contributed by atoms with E-state index in [2.05, 4.69) is 18.6 Å². The first-order valence-corrected chi connectivity index (χ1v) is 2.55. The first kappa shape index (κ1) is 4.63. The molecule has 0 heteroatoms. The highest BCUT2D eigenvalue weighted by atomic mass is 13.9. The van der Waals surface area contributed by atoms with Gasteiger partial charge in [0.15, 0.2) is 0 Å². The lowest BCUT2D eigenvalue weighted by molar-refractivity contribution is 1.01. The molecule has 1 aliphatic carbocycles. The van der Waals surface area contributed by atoms with Crippen molar-refractivity contribution in [2.45, 2.75) is 12.8 Å². The Balaban J connectivity index is 2.39. The first-order valence-electron chi connectivity index (χ1n) is 2.55. The van der Waals surface area contributed by atoms with Gasteiger partial charge in [-0.25, -0.2) is 0 Å². The number of allylic oxidation sites excluding steroid dienone is 4. The van der Waals surface area contributed by atoms with Crippen LogP contribution < -0.4 is 0 Å². The van der Waals surface area contributed by atoms with Gasteiger partial charge in [0.25, 0.3) is 0 Å². The molecule has 1 rings (SSSR count). The van der Waals surface area contributed by atoms with Gasteiger partial charge in [-0.1, -0.05) is 24.3 Å².